The number of fused-ring (bicyclic) bond motifs is 3. The first-order valence-electron chi connectivity index (χ1n) is 15.8. The van der Waals surface area contributed by atoms with Crippen LogP contribution in [0.2, 0.25) is 0 Å². The van der Waals surface area contributed by atoms with Gasteiger partial charge in [-0.1, -0.05) is 31.4 Å². The Morgan fingerprint density at radius 3 is 2.43 bits per heavy atom. The molecule has 0 saturated heterocycles. The van der Waals surface area contributed by atoms with Gasteiger partial charge in [0.2, 0.25) is 5.78 Å². The molecule has 0 spiro atoms. The molecular weight excluding hydrogens is 590 g/mol. The normalized spacial score (nSPS) is 26.6. The van der Waals surface area contributed by atoms with Gasteiger partial charge in [-0.2, -0.15) is 0 Å². The number of phenols is 1. The van der Waals surface area contributed by atoms with Gasteiger partial charge >= 0.3 is 0 Å². The molecule has 11 heteroatoms. The number of benzene rings is 2. The summed E-state index contributed by atoms with van der Waals surface area (Å²) in [7, 11) is 4.77. The Kier molecular flexibility index (Phi) is 8.20. The molecule has 1 unspecified atom stereocenters. The smallest absolute Gasteiger partial charge is 0.255 e. The minimum atomic E-state index is -2.68. The number of nitrogens with zero attached hydrogens (tertiary/aromatic N) is 1. The highest BCUT2D eigenvalue weighted by Crippen LogP contribution is 2.53. The summed E-state index contributed by atoms with van der Waals surface area (Å²) in [5, 5.41) is 49.1. The van der Waals surface area contributed by atoms with E-state index in [-0.39, 0.29) is 29.7 Å². The highest BCUT2D eigenvalue weighted by atomic mass is 16.5. The number of nitrogens with one attached hydrogen (secondary N) is 1. The number of aliphatic hydroxyl groups is 3. The van der Waals surface area contributed by atoms with Crippen LogP contribution in [0.25, 0.3) is 11.1 Å². The van der Waals surface area contributed by atoms with E-state index < -0.39 is 58.0 Å². The van der Waals surface area contributed by atoms with Crippen LogP contribution in [0.15, 0.2) is 53.0 Å². The van der Waals surface area contributed by atoms with Gasteiger partial charge in [-0.3, -0.25) is 19.3 Å². The number of methoxy groups -OCH3 is 1. The number of rotatable bonds is 7. The van der Waals surface area contributed by atoms with Gasteiger partial charge in [0, 0.05) is 29.6 Å². The molecule has 0 radical (unpaired) electrons. The summed E-state index contributed by atoms with van der Waals surface area (Å²) in [4.78, 5) is 41.5. The van der Waals surface area contributed by atoms with Gasteiger partial charge in [0.05, 0.1) is 18.7 Å². The molecule has 2 aromatic carbocycles. The standard InChI is InChI=1S/C35H41N3O8/c1-38(2)29-23-15-18-14-22-20(21-13-17(9-12-25(21)46-3)16-37-19-7-5-4-6-8-19)10-11-24(39)27(22)30(40)26(18)32(42)35(23,45)33(43)28(31(29)41)34(36)44/h9-13,18-19,23,29,37,39,41-42,45H,4-8,14-16H2,1-3H3,(H2,36,44)/t18-,23+,29?,35+/m0/s1. The number of phenolic OH excluding ortho intramolecular Hbond substituents is 1. The first-order chi connectivity index (χ1) is 21.9. The zero-order valence-electron chi connectivity index (χ0n) is 26.3. The number of nitrogens with two attached hydrogens (primary N) is 1. The van der Waals surface area contributed by atoms with Crippen molar-refractivity contribution in [3.63, 3.8) is 0 Å². The fraction of sp³-hybridized carbons (Fsp3) is 0.457. The van der Waals surface area contributed by atoms with Crippen LogP contribution in [0.4, 0.5) is 0 Å². The average molecular weight is 632 g/mol. The lowest BCUT2D eigenvalue weighted by molar-refractivity contribution is -0.148. The van der Waals surface area contributed by atoms with Crippen molar-refractivity contribution in [2.24, 2.45) is 17.6 Å². The van der Waals surface area contributed by atoms with Crippen molar-refractivity contribution in [1.29, 1.82) is 0 Å². The molecule has 244 valence electrons. The fourth-order valence-electron chi connectivity index (χ4n) is 8.15. The summed E-state index contributed by atoms with van der Waals surface area (Å²) in [5.74, 6) is -6.21. The molecule has 0 aromatic heterocycles. The lowest BCUT2D eigenvalue weighted by Gasteiger charge is -2.50. The van der Waals surface area contributed by atoms with Crippen LogP contribution in [0.1, 0.15) is 60.0 Å². The zero-order chi connectivity index (χ0) is 33.1. The van der Waals surface area contributed by atoms with E-state index in [0.29, 0.717) is 29.5 Å². The number of ether oxygens (including phenoxy) is 1. The highest BCUT2D eigenvalue weighted by molar-refractivity contribution is 6.25. The minimum Gasteiger partial charge on any atom is -0.510 e. The third-order valence-corrected chi connectivity index (χ3v) is 10.4. The molecule has 46 heavy (non-hydrogen) atoms. The second kappa shape index (κ2) is 11.9. The van der Waals surface area contributed by atoms with Crippen molar-refractivity contribution >= 4 is 17.5 Å². The molecular formula is C35H41N3O8. The summed E-state index contributed by atoms with van der Waals surface area (Å²) >= 11 is 0. The number of carbonyl (C=O) groups is 3. The number of hydrogen-bond donors (Lipinski definition) is 6. The zero-order valence-corrected chi connectivity index (χ0v) is 26.3. The topological polar surface area (TPSA) is 183 Å². The number of aromatic hydroxyl groups is 1. The Morgan fingerprint density at radius 2 is 1.78 bits per heavy atom. The van der Waals surface area contributed by atoms with E-state index in [1.165, 1.54) is 30.2 Å². The van der Waals surface area contributed by atoms with E-state index in [4.69, 9.17) is 10.5 Å². The van der Waals surface area contributed by atoms with Gasteiger partial charge in [0.15, 0.2) is 11.4 Å². The Balaban J connectivity index is 1.45. The lowest BCUT2D eigenvalue weighted by atomic mass is 9.58. The number of ketones is 2. The quantitative estimate of drug-likeness (QED) is 0.248. The average Bonchev–Trinajstić information content (AvgIpc) is 3.02. The number of primary amides is 1. The highest BCUT2D eigenvalue weighted by Gasteiger charge is 2.63. The Labute approximate surface area is 267 Å². The van der Waals surface area contributed by atoms with E-state index in [9.17, 15) is 34.8 Å². The van der Waals surface area contributed by atoms with E-state index in [1.807, 2.05) is 18.2 Å². The van der Waals surface area contributed by atoms with Gasteiger partial charge in [-0.05, 0) is 80.6 Å². The minimum absolute atomic E-state index is 0.0172. The Bertz CT molecular complexity index is 1690. The van der Waals surface area contributed by atoms with E-state index in [0.717, 1.165) is 24.0 Å². The molecule has 1 fully saturated rings. The molecule has 1 saturated carbocycles. The molecule has 7 N–H and O–H groups in total. The summed E-state index contributed by atoms with van der Waals surface area (Å²) in [6.07, 6.45) is 6.20. The molecule has 0 bridgehead atoms. The Morgan fingerprint density at radius 1 is 1.07 bits per heavy atom. The molecule has 4 atom stereocenters. The van der Waals surface area contributed by atoms with E-state index in [2.05, 4.69) is 5.32 Å². The van der Waals surface area contributed by atoms with Crippen molar-refractivity contribution in [3.05, 3.63) is 69.7 Å². The van der Waals surface area contributed by atoms with Crippen LogP contribution in [0, 0.1) is 11.8 Å². The molecule has 1 amide bonds. The van der Waals surface area contributed by atoms with Crippen LogP contribution in [-0.4, -0.2) is 81.7 Å². The number of allylic oxidation sites excluding steroid dienone is 1. The lowest BCUT2D eigenvalue weighted by Crippen LogP contribution is -2.63. The van der Waals surface area contributed by atoms with Crippen LogP contribution >= 0.6 is 0 Å². The van der Waals surface area contributed by atoms with Gasteiger partial charge in [0.25, 0.3) is 5.91 Å². The van der Waals surface area contributed by atoms with E-state index >= 15 is 0 Å². The largest absolute Gasteiger partial charge is 0.510 e. The summed E-state index contributed by atoms with van der Waals surface area (Å²) in [5.41, 5.74) is 4.69. The first-order valence-corrected chi connectivity index (χ1v) is 15.8. The molecule has 0 heterocycles. The van der Waals surface area contributed by atoms with Gasteiger partial charge in [-0.25, -0.2) is 0 Å². The summed E-state index contributed by atoms with van der Waals surface area (Å²) < 4.78 is 5.73. The molecule has 4 aliphatic rings. The summed E-state index contributed by atoms with van der Waals surface area (Å²) in [6, 6.07) is 8.47. The maximum atomic E-state index is 14.2. The first kappa shape index (κ1) is 31.8. The molecule has 11 nitrogen and oxygen atoms in total. The third-order valence-electron chi connectivity index (χ3n) is 10.4. The maximum absolute atomic E-state index is 14.2. The number of aliphatic hydroxyl groups excluding tert-OH is 2. The summed E-state index contributed by atoms with van der Waals surface area (Å²) in [6.45, 7) is 0.661. The van der Waals surface area contributed by atoms with Crippen molar-refractivity contribution in [1.82, 2.24) is 10.2 Å². The van der Waals surface area contributed by atoms with Crippen molar-refractivity contribution in [2.75, 3.05) is 21.2 Å². The van der Waals surface area contributed by atoms with Gasteiger partial charge in [-0.15, -0.1) is 0 Å². The predicted molar refractivity (Wildman–Crippen MR) is 169 cm³/mol. The Hall–Kier alpha value is -4.19. The van der Waals surface area contributed by atoms with Gasteiger partial charge in [0.1, 0.15) is 28.6 Å². The van der Waals surface area contributed by atoms with Crippen LogP contribution in [-0.2, 0) is 22.6 Å². The van der Waals surface area contributed by atoms with Crippen molar-refractivity contribution < 1.29 is 39.5 Å². The van der Waals surface area contributed by atoms with Crippen LogP contribution in [0.3, 0.4) is 0 Å². The third kappa shape index (κ3) is 4.88. The SMILES string of the molecule is COc1ccc(CNC2CCCCC2)cc1-c1ccc(O)c2c1C[C@H]1C[C@@H]3C(N(C)C)C(O)=C(C(N)=O)C(=O)[C@]3(O)C(O)=C1C2=O. The van der Waals surface area contributed by atoms with Crippen molar-refractivity contribution in [3.8, 4) is 22.6 Å². The fourth-order valence-corrected chi connectivity index (χ4v) is 8.15. The molecule has 6 rings (SSSR count). The molecule has 2 aromatic rings. The number of hydrogen-bond acceptors (Lipinski definition) is 10. The maximum Gasteiger partial charge on any atom is 0.255 e. The predicted octanol–water partition coefficient (Wildman–Crippen LogP) is 3.22. The second-order valence-corrected chi connectivity index (χ2v) is 13.2. The number of Topliss-reactive ketones (excluding diaryl/α,β-unsaturated/α-hetero) is 2. The number of amides is 1. The number of carbonyl (C=O) groups excluding carboxylic acids is 3. The number of likely N-dealkylation sites (N-methyl/N-ethyl adjacent to an activating group) is 1. The monoisotopic (exact) mass is 631 g/mol. The van der Waals surface area contributed by atoms with Crippen LogP contribution in [0.5, 0.6) is 11.5 Å². The molecule has 0 aliphatic heterocycles. The second-order valence-electron chi connectivity index (χ2n) is 13.2. The van der Waals surface area contributed by atoms with Gasteiger partial charge < -0.3 is 36.2 Å². The molecule has 4 aliphatic carbocycles. The van der Waals surface area contributed by atoms with Crippen LogP contribution < -0.4 is 15.8 Å². The van der Waals surface area contributed by atoms with E-state index in [1.54, 1.807) is 27.3 Å². The van der Waals surface area contributed by atoms with Crippen molar-refractivity contribution in [2.45, 2.75) is 69.2 Å².